The van der Waals surface area contributed by atoms with Crippen molar-refractivity contribution in [3.63, 3.8) is 0 Å². The van der Waals surface area contributed by atoms with Crippen LogP contribution in [-0.4, -0.2) is 43.3 Å². The molecule has 1 aromatic heterocycles. The van der Waals surface area contributed by atoms with Crippen LogP contribution in [0.5, 0.6) is 0 Å². The Labute approximate surface area is 136 Å². The molecule has 1 N–H and O–H groups in total. The van der Waals surface area contributed by atoms with Crippen LogP contribution in [0.4, 0.5) is 0 Å². The molecule has 118 valence electrons. The number of carbonyl (C=O) groups excluding carboxylic acids is 2. The van der Waals surface area contributed by atoms with Crippen LogP contribution in [0, 0.1) is 5.92 Å². The molecule has 21 heavy (non-hydrogen) atoms. The van der Waals surface area contributed by atoms with E-state index in [0.29, 0.717) is 10.4 Å². The maximum absolute atomic E-state index is 12.4. The van der Waals surface area contributed by atoms with E-state index in [1.54, 1.807) is 11.4 Å². The lowest BCUT2D eigenvalue weighted by atomic mass is 9.93. The zero-order valence-corrected chi connectivity index (χ0v) is 14.2. The highest BCUT2D eigenvalue weighted by molar-refractivity contribution is 7.12. The van der Waals surface area contributed by atoms with E-state index in [0.717, 1.165) is 38.4 Å². The van der Waals surface area contributed by atoms with Crippen LogP contribution >= 0.6 is 23.7 Å². The fraction of sp³-hybridized carbons (Fsp3) is 0.600. The molecule has 1 fully saturated rings. The first-order valence-corrected chi connectivity index (χ1v) is 8.03. The van der Waals surface area contributed by atoms with E-state index in [1.807, 2.05) is 11.9 Å². The quantitative estimate of drug-likeness (QED) is 0.845. The van der Waals surface area contributed by atoms with Gasteiger partial charge in [0, 0.05) is 24.0 Å². The number of likely N-dealkylation sites (tertiary alicyclic amines) is 1. The predicted octanol–water partition coefficient (Wildman–Crippen LogP) is 2.83. The first-order valence-electron chi connectivity index (χ1n) is 7.15. The van der Waals surface area contributed by atoms with Crippen molar-refractivity contribution in [3.05, 3.63) is 21.9 Å². The summed E-state index contributed by atoms with van der Waals surface area (Å²) < 4.78 is 0. The molecule has 0 unspecified atom stereocenters. The Hall–Kier alpha value is -0.910. The number of halogens is 1. The Morgan fingerprint density at radius 3 is 2.57 bits per heavy atom. The summed E-state index contributed by atoms with van der Waals surface area (Å²) in [6, 6.07) is 1.72. The minimum atomic E-state index is 0. The van der Waals surface area contributed by atoms with E-state index in [4.69, 9.17) is 0 Å². The molecule has 1 aliphatic rings. The monoisotopic (exact) mass is 330 g/mol. The van der Waals surface area contributed by atoms with Gasteiger partial charge in [0.05, 0.1) is 4.88 Å². The number of ketones is 1. The van der Waals surface area contributed by atoms with Gasteiger partial charge in [-0.05, 0) is 51.8 Å². The number of thiophene rings is 1. The van der Waals surface area contributed by atoms with Gasteiger partial charge in [0.25, 0.3) is 5.91 Å². The van der Waals surface area contributed by atoms with Gasteiger partial charge in [0.1, 0.15) is 0 Å². The van der Waals surface area contributed by atoms with Crippen molar-refractivity contribution in [1.29, 1.82) is 0 Å². The summed E-state index contributed by atoms with van der Waals surface area (Å²) in [5.41, 5.74) is 0.641. The highest BCUT2D eigenvalue weighted by Gasteiger charge is 2.24. The summed E-state index contributed by atoms with van der Waals surface area (Å²) in [6.45, 7) is 4.25. The van der Waals surface area contributed by atoms with E-state index in [9.17, 15) is 9.59 Å². The smallest absolute Gasteiger partial charge is 0.263 e. The fourth-order valence-corrected chi connectivity index (χ4v) is 3.47. The normalized spacial score (nSPS) is 15.6. The van der Waals surface area contributed by atoms with Crippen molar-refractivity contribution in [1.82, 2.24) is 10.2 Å². The van der Waals surface area contributed by atoms with Gasteiger partial charge in [-0.25, -0.2) is 0 Å². The van der Waals surface area contributed by atoms with Crippen molar-refractivity contribution in [3.8, 4) is 0 Å². The Morgan fingerprint density at radius 1 is 1.38 bits per heavy atom. The molecule has 1 saturated heterocycles. The van der Waals surface area contributed by atoms with Crippen molar-refractivity contribution in [2.75, 3.05) is 26.7 Å². The van der Waals surface area contributed by atoms with Crippen molar-refractivity contribution >= 4 is 35.4 Å². The lowest BCUT2D eigenvalue weighted by Gasteiger charge is -2.31. The molecule has 0 aliphatic carbocycles. The van der Waals surface area contributed by atoms with Crippen molar-refractivity contribution in [2.45, 2.75) is 26.2 Å². The van der Waals surface area contributed by atoms with Gasteiger partial charge in [-0.3, -0.25) is 9.59 Å². The molecule has 0 radical (unpaired) electrons. The maximum atomic E-state index is 12.4. The van der Waals surface area contributed by atoms with Crippen LogP contribution in [0.25, 0.3) is 0 Å². The second kappa shape index (κ2) is 8.51. The van der Waals surface area contributed by atoms with E-state index >= 15 is 0 Å². The van der Waals surface area contributed by atoms with E-state index in [-0.39, 0.29) is 24.1 Å². The van der Waals surface area contributed by atoms with Gasteiger partial charge < -0.3 is 10.2 Å². The summed E-state index contributed by atoms with van der Waals surface area (Å²) in [6.07, 6.45) is 3.35. The summed E-state index contributed by atoms with van der Waals surface area (Å²) >= 11 is 1.37. The van der Waals surface area contributed by atoms with Crippen molar-refractivity contribution < 1.29 is 9.59 Å². The Kier molecular flexibility index (Phi) is 7.35. The first kappa shape index (κ1) is 18.1. The van der Waals surface area contributed by atoms with Crippen LogP contribution in [0.2, 0.25) is 0 Å². The van der Waals surface area contributed by atoms with Gasteiger partial charge in [0.15, 0.2) is 5.78 Å². The number of nitrogens with one attached hydrogen (secondary N) is 1. The average Bonchev–Trinajstić information content (AvgIpc) is 2.95. The van der Waals surface area contributed by atoms with E-state index < -0.39 is 0 Å². The number of hydrogen-bond donors (Lipinski definition) is 1. The highest BCUT2D eigenvalue weighted by Crippen LogP contribution is 2.23. The summed E-state index contributed by atoms with van der Waals surface area (Å²) in [5.74, 6) is 0.822. The topological polar surface area (TPSA) is 49.4 Å². The van der Waals surface area contributed by atoms with Crippen LogP contribution in [0.15, 0.2) is 11.4 Å². The third-order valence-electron chi connectivity index (χ3n) is 3.92. The molecule has 0 atom stereocenters. The van der Waals surface area contributed by atoms with E-state index in [1.165, 1.54) is 24.7 Å². The Morgan fingerprint density at radius 2 is 2.05 bits per heavy atom. The third kappa shape index (κ3) is 4.80. The number of amides is 1. The van der Waals surface area contributed by atoms with Gasteiger partial charge in [-0.2, -0.15) is 0 Å². The number of piperidine rings is 1. The van der Waals surface area contributed by atoms with Gasteiger partial charge in [-0.15, -0.1) is 23.7 Å². The first-order chi connectivity index (χ1) is 9.61. The molecule has 0 saturated carbocycles. The molecule has 2 rings (SSSR count). The molecule has 1 amide bonds. The lowest BCUT2D eigenvalue weighted by Crippen LogP contribution is -2.38. The van der Waals surface area contributed by atoms with Gasteiger partial charge >= 0.3 is 0 Å². The number of nitrogens with zero attached hydrogens (tertiary/aromatic N) is 1. The number of hydrogen-bond acceptors (Lipinski definition) is 4. The minimum Gasteiger partial charge on any atom is -0.338 e. The van der Waals surface area contributed by atoms with Crippen molar-refractivity contribution in [2.24, 2.45) is 5.92 Å². The van der Waals surface area contributed by atoms with Crippen LogP contribution in [0.3, 0.4) is 0 Å². The minimum absolute atomic E-state index is 0. The number of Topliss-reactive ketones (excluding diaryl/α,β-unsaturated/α-hetero) is 1. The molecular weight excluding hydrogens is 308 g/mol. The third-order valence-corrected chi connectivity index (χ3v) is 4.84. The van der Waals surface area contributed by atoms with E-state index in [2.05, 4.69) is 5.32 Å². The molecule has 1 aromatic rings. The van der Waals surface area contributed by atoms with Crippen LogP contribution in [0.1, 0.15) is 46.2 Å². The molecule has 0 aromatic carbocycles. The van der Waals surface area contributed by atoms with Gasteiger partial charge in [-0.1, -0.05) is 0 Å². The summed E-state index contributed by atoms with van der Waals surface area (Å²) in [5, 5.41) is 4.95. The maximum Gasteiger partial charge on any atom is 0.263 e. The number of carbonyl (C=O) groups is 2. The molecule has 4 nitrogen and oxygen atoms in total. The molecule has 1 aliphatic heterocycles. The Balaban J connectivity index is 0.00000220. The zero-order chi connectivity index (χ0) is 14.5. The molecule has 6 heteroatoms. The predicted molar refractivity (Wildman–Crippen MR) is 88.7 cm³/mol. The van der Waals surface area contributed by atoms with Gasteiger partial charge in [0.2, 0.25) is 0 Å². The number of rotatable bonds is 5. The fourth-order valence-electron chi connectivity index (χ4n) is 2.56. The Bertz CT molecular complexity index is 482. The second-order valence-electron chi connectivity index (χ2n) is 5.38. The second-order valence-corrected chi connectivity index (χ2v) is 6.29. The lowest BCUT2D eigenvalue weighted by molar-refractivity contribution is 0.0692. The zero-order valence-electron chi connectivity index (χ0n) is 12.6. The highest BCUT2D eigenvalue weighted by atomic mass is 35.5. The molecule has 0 bridgehead atoms. The summed E-state index contributed by atoms with van der Waals surface area (Å²) in [4.78, 5) is 26.3. The largest absolute Gasteiger partial charge is 0.338 e. The molecule has 2 heterocycles. The summed E-state index contributed by atoms with van der Waals surface area (Å²) in [7, 11) is 1.97. The SMILES string of the molecule is CNCCC1CCN(C(=O)c2cc(C(C)=O)cs2)CC1.Cl. The molecular formula is C15H23ClN2O2S. The van der Waals surface area contributed by atoms with Crippen LogP contribution < -0.4 is 5.32 Å². The molecule has 0 spiro atoms. The van der Waals surface area contributed by atoms with Crippen LogP contribution in [-0.2, 0) is 0 Å². The average molecular weight is 331 g/mol. The standard InChI is InChI=1S/C15H22N2O2S.ClH/c1-11(18)13-9-14(20-10-13)15(19)17-7-4-12(5-8-17)3-6-16-2;/h9-10,12,16H,3-8H2,1-2H3;1H.